The van der Waals surface area contributed by atoms with Crippen LogP contribution < -0.4 is 15.5 Å². The highest BCUT2D eigenvalue weighted by Crippen LogP contribution is 2.34. The summed E-state index contributed by atoms with van der Waals surface area (Å²) < 4.78 is 2.31. The van der Waals surface area contributed by atoms with Gasteiger partial charge in [0.15, 0.2) is 0 Å². The van der Waals surface area contributed by atoms with Crippen molar-refractivity contribution in [2.45, 2.75) is 67.3 Å². The SMILES string of the molecule is C=CC(=C)Nc1cc(NC/N=C(\C=C/N=C)c2cc(CC(C)(C)C)c3nc(C)n(C(C)C)c3c2)c(CC)cc1N(C)CCN(C)C. The average Bonchev–Trinajstić information content (AvgIpc) is 3.33. The third-order valence-corrected chi connectivity index (χ3v) is 7.88. The van der Waals surface area contributed by atoms with Gasteiger partial charge in [0, 0.05) is 49.3 Å². The number of fused-ring (bicyclic) bond motifs is 1. The van der Waals surface area contributed by atoms with E-state index in [2.05, 4.69) is 144 Å². The zero-order chi connectivity index (χ0) is 34.2. The molecule has 3 aromatic rings. The van der Waals surface area contributed by atoms with Gasteiger partial charge in [-0.05, 0) is 107 Å². The Morgan fingerprint density at radius 1 is 1.07 bits per heavy atom. The van der Waals surface area contributed by atoms with Crippen LogP contribution in [0.15, 0.2) is 71.5 Å². The summed E-state index contributed by atoms with van der Waals surface area (Å²) in [5, 5.41) is 7.05. The fraction of sp³-hybridized carbons (Fsp3) is 0.447. The molecule has 46 heavy (non-hydrogen) atoms. The molecular formula is C38H56N8. The standard InChI is InChI=1S/C38H56N8/c1-14-27(5)42-34-23-33(29(15-2)21-35(34)45(13)19-18-44(11)12)41-25-40-32(16-17-39-10)30-20-31(24-38(7,8)9)37-36(22-30)46(26(3)4)28(6)43-37/h14,16-17,20-23,26,41-42H,1,5,10,15,18-19,24-25H2,2-4,6-9,11-13H3/b17-16-,40-32+. The molecule has 3 rings (SSSR count). The number of aryl methyl sites for hydroxylation is 2. The Hall–Kier alpha value is -4.17. The molecule has 0 radical (unpaired) electrons. The van der Waals surface area contributed by atoms with E-state index in [1.807, 2.05) is 6.08 Å². The number of nitrogens with one attached hydrogen (secondary N) is 2. The van der Waals surface area contributed by atoms with E-state index >= 15 is 0 Å². The summed E-state index contributed by atoms with van der Waals surface area (Å²) in [6, 6.07) is 9.16. The first-order valence-corrected chi connectivity index (χ1v) is 16.2. The first-order chi connectivity index (χ1) is 21.7. The smallest absolute Gasteiger partial charge is 0.108 e. The van der Waals surface area contributed by atoms with Gasteiger partial charge in [-0.1, -0.05) is 40.9 Å². The minimum absolute atomic E-state index is 0.102. The van der Waals surface area contributed by atoms with Gasteiger partial charge in [-0.25, -0.2) is 4.98 Å². The molecule has 2 N–H and O–H groups in total. The van der Waals surface area contributed by atoms with Gasteiger partial charge in [0.25, 0.3) is 0 Å². The van der Waals surface area contributed by atoms with Crippen LogP contribution in [0.4, 0.5) is 17.1 Å². The molecule has 0 bridgehead atoms. The predicted octanol–water partition coefficient (Wildman–Crippen LogP) is 8.26. The summed E-state index contributed by atoms with van der Waals surface area (Å²) in [4.78, 5) is 18.6. The van der Waals surface area contributed by atoms with Crippen molar-refractivity contribution in [3.05, 3.63) is 84.0 Å². The zero-order valence-electron chi connectivity index (χ0n) is 30.0. The summed E-state index contributed by atoms with van der Waals surface area (Å²) >= 11 is 0. The van der Waals surface area contributed by atoms with E-state index in [0.717, 1.165) is 76.8 Å². The van der Waals surface area contributed by atoms with Crippen molar-refractivity contribution in [3.63, 3.8) is 0 Å². The molecule has 8 nitrogen and oxygen atoms in total. The molecule has 0 aliphatic carbocycles. The Kier molecular flexibility index (Phi) is 12.5. The van der Waals surface area contributed by atoms with E-state index in [1.54, 1.807) is 12.3 Å². The van der Waals surface area contributed by atoms with Gasteiger partial charge in [-0.2, -0.15) is 0 Å². The van der Waals surface area contributed by atoms with Crippen LogP contribution in [0.3, 0.4) is 0 Å². The molecule has 2 aromatic carbocycles. The third-order valence-electron chi connectivity index (χ3n) is 7.88. The molecule has 0 fully saturated rings. The second kappa shape index (κ2) is 15.9. The molecule has 0 spiro atoms. The maximum atomic E-state index is 5.07. The average molecular weight is 625 g/mol. The minimum Gasteiger partial charge on any atom is -0.372 e. The van der Waals surface area contributed by atoms with Gasteiger partial charge < -0.3 is 25.0 Å². The number of anilines is 3. The van der Waals surface area contributed by atoms with E-state index in [4.69, 9.17) is 9.98 Å². The first-order valence-electron chi connectivity index (χ1n) is 16.2. The second-order valence-corrected chi connectivity index (χ2v) is 13.7. The Morgan fingerprint density at radius 2 is 1.78 bits per heavy atom. The minimum atomic E-state index is 0.102. The summed E-state index contributed by atoms with van der Waals surface area (Å²) in [6.45, 7) is 29.4. The largest absolute Gasteiger partial charge is 0.372 e. The maximum Gasteiger partial charge on any atom is 0.108 e. The summed E-state index contributed by atoms with van der Waals surface area (Å²) in [6.07, 6.45) is 7.16. The summed E-state index contributed by atoms with van der Waals surface area (Å²) in [5.74, 6) is 1.02. The fourth-order valence-corrected chi connectivity index (χ4v) is 5.66. The predicted molar refractivity (Wildman–Crippen MR) is 202 cm³/mol. The number of hydrogen-bond donors (Lipinski definition) is 2. The van der Waals surface area contributed by atoms with E-state index in [0.29, 0.717) is 6.67 Å². The topological polar surface area (TPSA) is 73.1 Å². The highest BCUT2D eigenvalue weighted by molar-refractivity contribution is 6.10. The second-order valence-electron chi connectivity index (χ2n) is 13.7. The number of benzene rings is 2. The van der Waals surface area contributed by atoms with Crippen LogP contribution in [-0.4, -0.2) is 67.8 Å². The highest BCUT2D eigenvalue weighted by Gasteiger charge is 2.20. The number of aromatic nitrogens is 2. The molecule has 8 heteroatoms. The molecule has 1 aromatic heterocycles. The van der Waals surface area contributed by atoms with Crippen molar-refractivity contribution in [1.29, 1.82) is 0 Å². The van der Waals surface area contributed by atoms with Gasteiger partial charge in [0.1, 0.15) is 12.5 Å². The van der Waals surface area contributed by atoms with Gasteiger partial charge in [-0.15, -0.1) is 0 Å². The van der Waals surface area contributed by atoms with Gasteiger partial charge in [0.2, 0.25) is 0 Å². The molecule has 0 saturated carbocycles. The molecule has 0 amide bonds. The molecule has 0 atom stereocenters. The van der Waals surface area contributed by atoms with Crippen LogP contribution >= 0.6 is 0 Å². The number of likely N-dealkylation sites (N-methyl/N-ethyl adjacent to an activating group) is 2. The number of aliphatic imine (C=N–C) groups is 2. The van der Waals surface area contributed by atoms with Crippen molar-refractivity contribution < 1.29 is 0 Å². The maximum absolute atomic E-state index is 5.07. The monoisotopic (exact) mass is 624 g/mol. The number of hydrogen-bond acceptors (Lipinski definition) is 7. The zero-order valence-corrected chi connectivity index (χ0v) is 30.0. The lowest BCUT2D eigenvalue weighted by Crippen LogP contribution is -2.29. The third kappa shape index (κ3) is 9.42. The lowest BCUT2D eigenvalue weighted by Gasteiger charge is -2.26. The Morgan fingerprint density at radius 3 is 2.37 bits per heavy atom. The molecular weight excluding hydrogens is 568 g/mol. The number of rotatable bonds is 16. The lowest BCUT2D eigenvalue weighted by atomic mass is 9.86. The van der Waals surface area contributed by atoms with Gasteiger partial charge in [0.05, 0.1) is 28.1 Å². The Balaban J connectivity index is 2.08. The first kappa shape index (κ1) is 36.3. The molecule has 0 unspecified atom stereocenters. The van der Waals surface area contributed by atoms with Crippen LogP contribution in [0.1, 0.15) is 70.1 Å². The Labute approximate surface area is 277 Å². The van der Waals surface area contributed by atoms with E-state index < -0.39 is 0 Å². The van der Waals surface area contributed by atoms with E-state index in [-0.39, 0.29) is 11.5 Å². The number of allylic oxidation sites excluding steroid dienone is 2. The van der Waals surface area contributed by atoms with Gasteiger partial charge >= 0.3 is 0 Å². The van der Waals surface area contributed by atoms with Crippen LogP contribution in [0.25, 0.3) is 11.0 Å². The molecule has 0 aliphatic rings. The summed E-state index contributed by atoms with van der Waals surface area (Å²) in [7, 11) is 6.31. The van der Waals surface area contributed by atoms with Crippen molar-refractivity contribution in [2.24, 2.45) is 15.4 Å². The van der Waals surface area contributed by atoms with Crippen LogP contribution in [-0.2, 0) is 12.8 Å². The molecule has 1 heterocycles. The highest BCUT2D eigenvalue weighted by atomic mass is 15.2. The van der Waals surface area contributed by atoms with Crippen LogP contribution in [0.5, 0.6) is 0 Å². The van der Waals surface area contributed by atoms with Crippen molar-refractivity contribution >= 4 is 40.5 Å². The lowest BCUT2D eigenvalue weighted by molar-refractivity contribution is 0.412. The molecule has 0 saturated heterocycles. The van der Waals surface area contributed by atoms with Crippen molar-refractivity contribution in [2.75, 3.05) is 56.4 Å². The summed E-state index contributed by atoms with van der Waals surface area (Å²) in [5.41, 5.74) is 10.5. The van der Waals surface area contributed by atoms with Crippen molar-refractivity contribution in [1.82, 2.24) is 14.5 Å². The van der Waals surface area contributed by atoms with Gasteiger partial charge in [-0.3, -0.25) is 9.98 Å². The number of nitrogens with zero attached hydrogens (tertiary/aromatic N) is 6. The normalized spacial score (nSPS) is 12.4. The van der Waals surface area contributed by atoms with E-state index in [1.165, 1.54) is 11.1 Å². The number of imidazole rings is 1. The van der Waals surface area contributed by atoms with E-state index in [9.17, 15) is 0 Å². The fourth-order valence-electron chi connectivity index (χ4n) is 5.66. The Bertz CT molecular complexity index is 1600. The molecule has 248 valence electrons. The van der Waals surface area contributed by atoms with Crippen LogP contribution in [0.2, 0.25) is 0 Å². The molecule has 0 aliphatic heterocycles. The quantitative estimate of drug-likeness (QED) is 0.124. The van der Waals surface area contributed by atoms with Crippen LogP contribution in [0, 0.1) is 12.3 Å². The van der Waals surface area contributed by atoms with Crippen molar-refractivity contribution in [3.8, 4) is 0 Å².